The van der Waals surface area contributed by atoms with Gasteiger partial charge in [0.2, 0.25) is 0 Å². The van der Waals surface area contributed by atoms with Gasteiger partial charge in [-0.2, -0.15) is 0 Å². The van der Waals surface area contributed by atoms with Crippen LogP contribution in [0.3, 0.4) is 0 Å². The summed E-state index contributed by atoms with van der Waals surface area (Å²) < 4.78 is 1.29. The van der Waals surface area contributed by atoms with Crippen molar-refractivity contribution >= 4 is 45.3 Å². The molecule has 0 saturated heterocycles. The highest BCUT2D eigenvalue weighted by Crippen LogP contribution is 2.29. The van der Waals surface area contributed by atoms with E-state index in [0.29, 0.717) is 0 Å². The SMILES string of the molecule is NNC(c1csc(I)c1)c1cccs1. The Labute approximate surface area is 104 Å². The Morgan fingerprint density at radius 3 is 2.79 bits per heavy atom. The van der Waals surface area contributed by atoms with Gasteiger partial charge in [0.05, 0.1) is 8.93 Å². The Bertz CT molecular complexity index is 397. The summed E-state index contributed by atoms with van der Waals surface area (Å²) in [5.41, 5.74) is 4.09. The zero-order valence-electron chi connectivity index (χ0n) is 7.24. The first-order valence-corrected chi connectivity index (χ1v) is 6.88. The number of nitrogens with one attached hydrogen (secondary N) is 1. The van der Waals surface area contributed by atoms with Gasteiger partial charge < -0.3 is 0 Å². The van der Waals surface area contributed by atoms with Crippen LogP contribution < -0.4 is 11.3 Å². The van der Waals surface area contributed by atoms with Crippen LogP contribution in [0, 0.1) is 2.88 Å². The minimum atomic E-state index is 0.134. The van der Waals surface area contributed by atoms with E-state index in [4.69, 9.17) is 5.84 Å². The average molecular weight is 336 g/mol. The number of nitrogens with two attached hydrogens (primary N) is 1. The highest BCUT2D eigenvalue weighted by molar-refractivity contribution is 14.1. The van der Waals surface area contributed by atoms with E-state index in [1.807, 2.05) is 6.07 Å². The summed E-state index contributed by atoms with van der Waals surface area (Å²) >= 11 is 5.78. The van der Waals surface area contributed by atoms with Crippen LogP contribution in [0.4, 0.5) is 0 Å². The standard InChI is InChI=1S/C9H9IN2S2/c10-8-4-6(5-14-8)9(12-11)7-2-1-3-13-7/h1-5,9,12H,11H2. The Balaban J connectivity index is 2.31. The quantitative estimate of drug-likeness (QED) is 0.514. The first-order valence-electron chi connectivity index (χ1n) is 4.04. The van der Waals surface area contributed by atoms with Gasteiger partial charge in [-0.15, -0.1) is 22.7 Å². The van der Waals surface area contributed by atoms with E-state index in [1.165, 1.54) is 13.3 Å². The van der Waals surface area contributed by atoms with Gasteiger partial charge >= 0.3 is 0 Å². The van der Waals surface area contributed by atoms with E-state index in [1.54, 1.807) is 22.7 Å². The number of thiophene rings is 2. The topological polar surface area (TPSA) is 38.0 Å². The molecule has 0 aliphatic carbocycles. The number of rotatable bonds is 3. The molecule has 0 aromatic carbocycles. The Morgan fingerprint density at radius 2 is 2.29 bits per heavy atom. The molecule has 2 heterocycles. The molecule has 0 fully saturated rings. The maximum atomic E-state index is 5.56. The Morgan fingerprint density at radius 1 is 1.43 bits per heavy atom. The molecule has 0 spiro atoms. The van der Waals surface area contributed by atoms with E-state index < -0.39 is 0 Å². The summed E-state index contributed by atoms with van der Waals surface area (Å²) in [7, 11) is 0. The summed E-state index contributed by atoms with van der Waals surface area (Å²) in [4.78, 5) is 1.25. The number of hydrazine groups is 1. The summed E-state index contributed by atoms with van der Waals surface area (Å²) in [5.74, 6) is 5.56. The molecule has 2 aromatic rings. The number of hydrogen-bond donors (Lipinski definition) is 2. The molecular weight excluding hydrogens is 327 g/mol. The lowest BCUT2D eigenvalue weighted by Gasteiger charge is -2.11. The lowest BCUT2D eigenvalue weighted by molar-refractivity contribution is 0.648. The maximum Gasteiger partial charge on any atom is 0.0810 e. The highest BCUT2D eigenvalue weighted by Gasteiger charge is 2.14. The lowest BCUT2D eigenvalue weighted by atomic mass is 10.1. The monoisotopic (exact) mass is 336 g/mol. The van der Waals surface area contributed by atoms with Crippen molar-refractivity contribution in [2.24, 2.45) is 5.84 Å². The molecule has 0 saturated carbocycles. The first-order chi connectivity index (χ1) is 6.81. The van der Waals surface area contributed by atoms with Crippen LogP contribution in [-0.4, -0.2) is 0 Å². The van der Waals surface area contributed by atoms with Crippen LogP contribution in [0.15, 0.2) is 29.0 Å². The van der Waals surface area contributed by atoms with E-state index in [9.17, 15) is 0 Å². The van der Waals surface area contributed by atoms with Crippen molar-refractivity contribution in [3.05, 3.63) is 42.3 Å². The largest absolute Gasteiger partial charge is 0.271 e. The van der Waals surface area contributed by atoms with Crippen molar-refractivity contribution in [1.82, 2.24) is 5.43 Å². The molecule has 3 N–H and O–H groups in total. The van der Waals surface area contributed by atoms with Gasteiger partial charge in [-0.05, 0) is 51.0 Å². The van der Waals surface area contributed by atoms with Crippen molar-refractivity contribution in [2.45, 2.75) is 6.04 Å². The molecule has 0 amide bonds. The van der Waals surface area contributed by atoms with Gasteiger partial charge in [0.25, 0.3) is 0 Å². The summed E-state index contributed by atoms with van der Waals surface area (Å²) in [6, 6.07) is 6.44. The van der Waals surface area contributed by atoms with Crippen LogP contribution in [-0.2, 0) is 0 Å². The summed E-state index contributed by atoms with van der Waals surface area (Å²) in [6.07, 6.45) is 0. The molecule has 0 radical (unpaired) electrons. The van der Waals surface area contributed by atoms with Gasteiger partial charge in [0.15, 0.2) is 0 Å². The van der Waals surface area contributed by atoms with Crippen molar-refractivity contribution < 1.29 is 0 Å². The first kappa shape index (κ1) is 10.6. The van der Waals surface area contributed by atoms with Gasteiger partial charge in [0.1, 0.15) is 0 Å². The second-order valence-electron chi connectivity index (χ2n) is 2.80. The summed E-state index contributed by atoms with van der Waals surface area (Å²) in [6.45, 7) is 0. The molecule has 5 heteroatoms. The molecule has 0 aliphatic heterocycles. The normalized spacial score (nSPS) is 13.0. The fourth-order valence-electron chi connectivity index (χ4n) is 1.27. The average Bonchev–Trinajstić information content (AvgIpc) is 2.79. The molecule has 0 aliphatic rings. The molecule has 74 valence electrons. The molecule has 1 atom stereocenters. The van der Waals surface area contributed by atoms with Crippen LogP contribution in [0.5, 0.6) is 0 Å². The van der Waals surface area contributed by atoms with E-state index in [-0.39, 0.29) is 6.04 Å². The predicted octanol–water partition coefficient (Wildman–Crippen LogP) is 2.97. The van der Waals surface area contributed by atoms with Crippen LogP contribution in [0.2, 0.25) is 0 Å². The third-order valence-corrected chi connectivity index (χ3v) is 4.66. The maximum absolute atomic E-state index is 5.56. The highest BCUT2D eigenvalue weighted by atomic mass is 127. The lowest BCUT2D eigenvalue weighted by Crippen LogP contribution is -2.27. The second-order valence-corrected chi connectivity index (χ2v) is 6.58. The second kappa shape index (κ2) is 4.71. The van der Waals surface area contributed by atoms with Crippen LogP contribution in [0.25, 0.3) is 0 Å². The molecule has 1 unspecified atom stereocenters. The molecular formula is C9H9IN2S2. The third kappa shape index (κ3) is 2.17. The van der Waals surface area contributed by atoms with Crippen molar-refractivity contribution in [1.29, 1.82) is 0 Å². The molecule has 14 heavy (non-hydrogen) atoms. The smallest absolute Gasteiger partial charge is 0.0810 e. The van der Waals surface area contributed by atoms with E-state index in [0.717, 1.165) is 0 Å². The zero-order chi connectivity index (χ0) is 9.97. The van der Waals surface area contributed by atoms with Crippen LogP contribution >= 0.6 is 45.3 Å². The molecule has 2 aromatic heterocycles. The molecule has 0 bridgehead atoms. The fraction of sp³-hybridized carbons (Fsp3) is 0.111. The van der Waals surface area contributed by atoms with Crippen molar-refractivity contribution in [3.63, 3.8) is 0 Å². The Kier molecular flexibility index (Phi) is 3.56. The van der Waals surface area contributed by atoms with Gasteiger partial charge in [-0.1, -0.05) is 6.07 Å². The van der Waals surface area contributed by atoms with Gasteiger partial charge in [-0.3, -0.25) is 5.84 Å². The zero-order valence-corrected chi connectivity index (χ0v) is 11.0. The van der Waals surface area contributed by atoms with Gasteiger partial charge in [0, 0.05) is 4.88 Å². The Hall–Kier alpha value is 0.0500. The molecule has 2 rings (SSSR count). The third-order valence-electron chi connectivity index (χ3n) is 1.92. The van der Waals surface area contributed by atoms with E-state index >= 15 is 0 Å². The van der Waals surface area contributed by atoms with Crippen LogP contribution in [0.1, 0.15) is 16.5 Å². The minimum absolute atomic E-state index is 0.134. The van der Waals surface area contributed by atoms with E-state index in [2.05, 4.69) is 50.9 Å². The molecule has 2 nitrogen and oxygen atoms in total. The predicted molar refractivity (Wildman–Crippen MR) is 70.5 cm³/mol. The number of hydrogen-bond acceptors (Lipinski definition) is 4. The number of halogens is 1. The van der Waals surface area contributed by atoms with Gasteiger partial charge in [-0.25, -0.2) is 5.43 Å². The van der Waals surface area contributed by atoms with Crippen molar-refractivity contribution in [3.8, 4) is 0 Å². The fourth-order valence-corrected chi connectivity index (χ4v) is 3.48. The minimum Gasteiger partial charge on any atom is -0.271 e. The van der Waals surface area contributed by atoms with Crippen molar-refractivity contribution in [2.75, 3.05) is 0 Å². The summed E-state index contributed by atoms with van der Waals surface area (Å²) in [5, 5.41) is 4.21.